The predicted molar refractivity (Wildman–Crippen MR) is 94.4 cm³/mol. The van der Waals surface area contributed by atoms with Gasteiger partial charge < -0.3 is 4.90 Å². The van der Waals surface area contributed by atoms with Crippen molar-refractivity contribution in [1.29, 1.82) is 0 Å². The summed E-state index contributed by atoms with van der Waals surface area (Å²) in [5, 5.41) is 0. The zero-order valence-electron chi connectivity index (χ0n) is 15.3. The summed E-state index contributed by atoms with van der Waals surface area (Å²) >= 11 is 0. The van der Waals surface area contributed by atoms with Gasteiger partial charge in [0.25, 0.3) is 0 Å². The molecule has 1 amide bonds. The van der Waals surface area contributed by atoms with Crippen molar-refractivity contribution < 1.29 is 18.0 Å². The molecule has 2 fully saturated rings. The number of amides is 1. The van der Waals surface area contributed by atoms with Gasteiger partial charge in [0, 0.05) is 25.6 Å². The quantitative estimate of drug-likeness (QED) is 0.799. The molecular weight excluding hydrogens is 341 g/mol. The van der Waals surface area contributed by atoms with Crippen LogP contribution in [-0.4, -0.2) is 41.9 Å². The lowest BCUT2D eigenvalue weighted by Crippen LogP contribution is -2.45. The van der Waals surface area contributed by atoms with E-state index < -0.39 is 11.7 Å². The Labute approximate surface area is 153 Å². The van der Waals surface area contributed by atoms with E-state index in [1.165, 1.54) is 6.42 Å². The largest absolute Gasteiger partial charge is 0.416 e. The first-order valence-corrected chi connectivity index (χ1v) is 9.50. The van der Waals surface area contributed by atoms with Gasteiger partial charge in [-0.2, -0.15) is 13.2 Å². The van der Waals surface area contributed by atoms with Crippen molar-refractivity contribution in [2.75, 3.05) is 26.2 Å². The molecule has 0 bridgehead atoms. The fourth-order valence-electron chi connectivity index (χ4n) is 4.04. The molecule has 0 aromatic heterocycles. The molecule has 0 unspecified atom stereocenters. The second-order valence-electron chi connectivity index (χ2n) is 7.78. The Bertz CT molecular complexity index is 606. The lowest BCUT2D eigenvalue weighted by Gasteiger charge is -2.37. The molecule has 0 saturated carbocycles. The topological polar surface area (TPSA) is 23.6 Å². The number of carbonyl (C=O) groups excluding carboxylic acids is 1. The van der Waals surface area contributed by atoms with Crippen LogP contribution in [0.5, 0.6) is 0 Å². The molecule has 2 aliphatic heterocycles. The number of alkyl halides is 3. The average molecular weight is 368 g/mol. The van der Waals surface area contributed by atoms with E-state index in [-0.39, 0.29) is 5.92 Å². The molecule has 0 radical (unpaired) electrons. The van der Waals surface area contributed by atoms with E-state index in [4.69, 9.17) is 0 Å². The highest BCUT2D eigenvalue weighted by Gasteiger charge is 2.31. The molecule has 2 aliphatic rings. The molecule has 0 aliphatic carbocycles. The Hall–Kier alpha value is -1.56. The average Bonchev–Trinajstić information content (AvgIpc) is 2.61. The van der Waals surface area contributed by atoms with Crippen molar-refractivity contribution in [3.05, 3.63) is 35.4 Å². The van der Waals surface area contributed by atoms with Crippen LogP contribution in [0.2, 0.25) is 0 Å². The molecule has 3 rings (SSSR count). The third-order valence-electron chi connectivity index (χ3n) is 5.59. The van der Waals surface area contributed by atoms with Crippen LogP contribution in [0, 0.1) is 11.8 Å². The highest BCUT2D eigenvalue weighted by atomic mass is 19.4. The van der Waals surface area contributed by atoms with Gasteiger partial charge in [0.2, 0.25) is 5.91 Å². The third kappa shape index (κ3) is 4.78. The van der Waals surface area contributed by atoms with Gasteiger partial charge in [-0.25, -0.2) is 0 Å². The number of benzene rings is 1. The number of nitrogens with zero attached hydrogens (tertiary/aromatic N) is 2. The molecule has 144 valence electrons. The smallest absolute Gasteiger partial charge is 0.342 e. The van der Waals surface area contributed by atoms with Crippen molar-refractivity contribution >= 4 is 5.91 Å². The Kier molecular flexibility index (Phi) is 5.90. The van der Waals surface area contributed by atoms with E-state index >= 15 is 0 Å². The summed E-state index contributed by atoms with van der Waals surface area (Å²) in [7, 11) is 0. The number of rotatable bonds is 3. The van der Waals surface area contributed by atoms with Crippen LogP contribution < -0.4 is 0 Å². The molecule has 3 nitrogen and oxygen atoms in total. The highest BCUT2D eigenvalue weighted by Crippen LogP contribution is 2.29. The van der Waals surface area contributed by atoms with Gasteiger partial charge >= 0.3 is 6.18 Å². The maximum absolute atomic E-state index is 12.7. The van der Waals surface area contributed by atoms with Crippen LogP contribution in [0.15, 0.2) is 24.3 Å². The lowest BCUT2D eigenvalue weighted by atomic mass is 9.92. The Morgan fingerprint density at radius 2 is 1.73 bits per heavy atom. The van der Waals surface area contributed by atoms with Crippen molar-refractivity contribution in [3.8, 4) is 0 Å². The summed E-state index contributed by atoms with van der Waals surface area (Å²) in [6, 6.07) is 5.39. The molecule has 1 atom stereocenters. The molecule has 26 heavy (non-hydrogen) atoms. The van der Waals surface area contributed by atoms with Crippen LogP contribution in [0.25, 0.3) is 0 Å². The second-order valence-corrected chi connectivity index (χ2v) is 7.78. The predicted octanol–water partition coefficient (Wildman–Crippen LogP) is 4.18. The summed E-state index contributed by atoms with van der Waals surface area (Å²) < 4.78 is 37.9. The lowest BCUT2D eigenvalue weighted by molar-refractivity contribution is -0.139. The molecule has 2 saturated heterocycles. The van der Waals surface area contributed by atoms with Crippen LogP contribution in [0.1, 0.15) is 43.7 Å². The summed E-state index contributed by atoms with van der Waals surface area (Å²) in [6.07, 6.45) is -0.313. The monoisotopic (exact) mass is 368 g/mol. The summed E-state index contributed by atoms with van der Waals surface area (Å²) in [5.74, 6) is 0.988. The Morgan fingerprint density at radius 1 is 1.08 bits per heavy atom. The highest BCUT2D eigenvalue weighted by molar-refractivity contribution is 5.79. The first-order valence-electron chi connectivity index (χ1n) is 9.50. The zero-order valence-corrected chi connectivity index (χ0v) is 15.3. The standard InChI is InChI=1S/C20H27F3N2O/c1-15-3-2-10-25(13-15)19(26)17-8-11-24(12-9-17)14-16-4-6-18(7-5-16)20(21,22)23/h4-7,15,17H,2-3,8-14H2,1H3/t15-/m0/s1. The van der Waals surface area contributed by atoms with E-state index in [9.17, 15) is 18.0 Å². The first-order chi connectivity index (χ1) is 12.3. The normalized spacial score (nSPS) is 23.2. The maximum atomic E-state index is 12.7. The zero-order chi connectivity index (χ0) is 18.7. The fourth-order valence-corrected chi connectivity index (χ4v) is 4.04. The van der Waals surface area contributed by atoms with E-state index in [2.05, 4.69) is 11.8 Å². The Morgan fingerprint density at radius 3 is 2.31 bits per heavy atom. The molecule has 6 heteroatoms. The summed E-state index contributed by atoms with van der Waals surface area (Å²) in [5.41, 5.74) is 0.272. The van der Waals surface area contributed by atoms with E-state index in [1.807, 2.05) is 4.90 Å². The number of hydrogen-bond donors (Lipinski definition) is 0. The van der Waals surface area contributed by atoms with Gasteiger partial charge in [-0.15, -0.1) is 0 Å². The van der Waals surface area contributed by atoms with E-state index in [0.29, 0.717) is 18.4 Å². The SMILES string of the molecule is C[C@H]1CCCN(C(=O)C2CCN(Cc3ccc(C(F)(F)F)cc3)CC2)C1. The minimum atomic E-state index is -4.29. The number of hydrogen-bond acceptors (Lipinski definition) is 2. The molecule has 0 N–H and O–H groups in total. The van der Waals surface area contributed by atoms with E-state index in [0.717, 1.165) is 63.1 Å². The van der Waals surface area contributed by atoms with Gasteiger partial charge in [-0.05, 0) is 62.4 Å². The van der Waals surface area contributed by atoms with Gasteiger partial charge in [0.05, 0.1) is 5.56 Å². The number of carbonyl (C=O) groups is 1. The van der Waals surface area contributed by atoms with Crippen molar-refractivity contribution in [2.24, 2.45) is 11.8 Å². The minimum Gasteiger partial charge on any atom is -0.342 e. The first kappa shape index (κ1) is 19.2. The summed E-state index contributed by atoms with van der Waals surface area (Å²) in [4.78, 5) is 17.0. The third-order valence-corrected chi connectivity index (χ3v) is 5.59. The van der Waals surface area contributed by atoms with Crippen molar-refractivity contribution in [1.82, 2.24) is 9.80 Å². The molecular formula is C20H27F3N2O. The van der Waals surface area contributed by atoms with Gasteiger partial charge in [0.15, 0.2) is 0 Å². The van der Waals surface area contributed by atoms with Crippen LogP contribution >= 0.6 is 0 Å². The molecule has 1 aromatic carbocycles. The van der Waals surface area contributed by atoms with Crippen LogP contribution in [0.3, 0.4) is 0 Å². The molecule has 2 heterocycles. The van der Waals surface area contributed by atoms with E-state index in [1.54, 1.807) is 12.1 Å². The van der Waals surface area contributed by atoms with Gasteiger partial charge in [-0.3, -0.25) is 9.69 Å². The Balaban J connectivity index is 1.48. The fraction of sp³-hybridized carbons (Fsp3) is 0.650. The number of halogens is 3. The molecule has 0 spiro atoms. The maximum Gasteiger partial charge on any atom is 0.416 e. The second kappa shape index (κ2) is 7.99. The summed E-state index contributed by atoms with van der Waals surface area (Å²) in [6.45, 7) is 6.24. The van der Waals surface area contributed by atoms with Gasteiger partial charge in [0.1, 0.15) is 0 Å². The minimum absolute atomic E-state index is 0.101. The van der Waals surface area contributed by atoms with Crippen molar-refractivity contribution in [2.45, 2.75) is 45.3 Å². The van der Waals surface area contributed by atoms with Crippen molar-refractivity contribution in [3.63, 3.8) is 0 Å². The van der Waals surface area contributed by atoms with Gasteiger partial charge in [-0.1, -0.05) is 19.1 Å². The number of piperidine rings is 2. The van der Waals surface area contributed by atoms with Crippen LogP contribution in [0.4, 0.5) is 13.2 Å². The number of likely N-dealkylation sites (tertiary alicyclic amines) is 2. The van der Waals surface area contributed by atoms with Crippen LogP contribution in [-0.2, 0) is 17.5 Å². The molecule has 1 aromatic rings.